The topological polar surface area (TPSA) is 12.0 Å². The summed E-state index contributed by atoms with van der Waals surface area (Å²) < 4.78 is 14.7. The first-order valence-electron chi connectivity index (χ1n) is 7.01. The highest BCUT2D eigenvalue weighted by Gasteiger charge is 2.12. The Hall–Kier alpha value is -0.900. The van der Waals surface area contributed by atoms with Gasteiger partial charge in [-0.1, -0.05) is 58.7 Å². The summed E-state index contributed by atoms with van der Waals surface area (Å²) in [6.45, 7) is 2.96. The van der Waals surface area contributed by atoms with Crippen LogP contribution < -0.4 is 5.32 Å². The molecule has 21 heavy (non-hydrogen) atoms. The van der Waals surface area contributed by atoms with E-state index >= 15 is 0 Å². The van der Waals surface area contributed by atoms with Gasteiger partial charge in [-0.2, -0.15) is 0 Å². The van der Waals surface area contributed by atoms with Crippen LogP contribution in [0.2, 0.25) is 5.02 Å². The molecule has 0 saturated heterocycles. The van der Waals surface area contributed by atoms with Crippen molar-refractivity contribution < 1.29 is 4.39 Å². The van der Waals surface area contributed by atoms with Crippen LogP contribution in [-0.4, -0.2) is 12.6 Å². The van der Waals surface area contributed by atoms with E-state index in [0.29, 0.717) is 0 Å². The summed E-state index contributed by atoms with van der Waals surface area (Å²) in [6, 6.07) is 13.5. The maximum atomic E-state index is 13.5. The van der Waals surface area contributed by atoms with Crippen molar-refractivity contribution in [2.45, 2.75) is 25.8 Å². The lowest BCUT2D eigenvalue weighted by Crippen LogP contribution is -2.33. The zero-order valence-electron chi connectivity index (χ0n) is 11.9. The highest BCUT2D eigenvalue weighted by Crippen LogP contribution is 2.20. The van der Waals surface area contributed by atoms with Gasteiger partial charge in [-0.15, -0.1) is 0 Å². The van der Waals surface area contributed by atoms with Gasteiger partial charge in [0.05, 0.1) is 5.02 Å². The van der Waals surface area contributed by atoms with Crippen LogP contribution in [0.4, 0.5) is 4.39 Å². The van der Waals surface area contributed by atoms with E-state index in [-0.39, 0.29) is 16.9 Å². The second-order valence-electron chi connectivity index (χ2n) is 5.00. The summed E-state index contributed by atoms with van der Waals surface area (Å²) in [4.78, 5) is 0. The third kappa shape index (κ3) is 4.80. The Balaban J connectivity index is 2.11. The zero-order valence-corrected chi connectivity index (χ0v) is 14.2. The minimum atomic E-state index is -0.356. The number of halogens is 3. The molecule has 4 heteroatoms. The maximum absolute atomic E-state index is 13.5. The quantitative estimate of drug-likeness (QED) is 0.754. The van der Waals surface area contributed by atoms with Crippen LogP contribution in [0.1, 0.15) is 18.1 Å². The molecule has 0 aliphatic carbocycles. The molecule has 0 aliphatic heterocycles. The second kappa shape index (κ2) is 7.92. The Morgan fingerprint density at radius 1 is 1.19 bits per heavy atom. The molecule has 1 unspecified atom stereocenters. The fraction of sp³-hybridized carbons (Fsp3) is 0.294. The molecule has 0 spiro atoms. The number of likely N-dealkylation sites (N-methyl/N-ethyl adjacent to an activating group) is 1. The second-order valence-corrected chi connectivity index (χ2v) is 6.26. The van der Waals surface area contributed by atoms with Gasteiger partial charge in [0.1, 0.15) is 5.82 Å². The lowest BCUT2D eigenvalue weighted by molar-refractivity contribution is 0.519. The number of benzene rings is 2. The van der Waals surface area contributed by atoms with E-state index < -0.39 is 0 Å². The minimum absolute atomic E-state index is 0.171. The Labute approximate surface area is 138 Å². The van der Waals surface area contributed by atoms with Crippen LogP contribution in [0.15, 0.2) is 46.9 Å². The lowest BCUT2D eigenvalue weighted by atomic mass is 9.99. The number of nitrogens with one attached hydrogen (secondary N) is 1. The van der Waals surface area contributed by atoms with Gasteiger partial charge in [-0.3, -0.25) is 0 Å². The molecule has 2 aromatic carbocycles. The van der Waals surface area contributed by atoms with Crippen LogP contribution in [0.25, 0.3) is 0 Å². The zero-order chi connectivity index (χ0) is 15.2. The van der Waals surface area contributed by atoms with Crippen molar-refractivity contribution in [3.8, 4) is 0 Å². The molecule has 0 heterocycles. The van der Waals surface area contributed by atoms with Crippen molar-refractivity contribution in [1.82, 2.24) is 5.32 Å². The average molecular weight is 371 g/mol. The van der Waals surface area contributed by atoms with Crippen molar-refractivity contribution in [2.24, 2.45) is 0 Å². The number of hydrogen-bond acceptors (Lipinski definition) is 1. The molecule has 1 atom stereocenters. The lowest BCUT2D eigenvalue weighted by Gasteiger charge is -2.19. The van der Waals surface area contributed by atoms with Crippen molar-refractivity contribution in [3.05, 3.63) is 68.9 Å². The van der Waals surface area contributed by atoms with Gasteiger partial charge in [0.25, 0.3) is 0 Å². The molecule has 0 bridgehead atoms. The molecule has 0 aromatic heterocycles. The van der Waals surface area contributed by atoms with E-state index in [4.69, 9.17) is 11.6 Å². The molecular weight excluding hydrogens is 353 g/mol. The molecular formula is C17H18BrClFN. The molecule has 0 radical (unpaired) electrons. The monoisotopic (exact) mass is 369 g/mol. The van der Waals surface area contributed by atoms with Crippen molar-refractivity contribution in [1.29, 1.82) is 0 Å². The summed E-state index contributed by atoms with van der Waals surface area (Å²) in [5.74, 6) is -0.356. The van der Waals surface area contributed by atoms with E-state index in [1.165, 1.54) is 11.6 Å². The Morgan fingerprint density at radius 2 is 1.95 bits per heavy atom. The minimum Gasteiger partial charge on any atom is -0.314 e. The highest BCUT2D eigenvalue weighted by atomic mass is 79.9. The molecule has 0 amide bonds. The van der Waals surface area contributed by atoms with Crippen LogP contribution in [0.3, 0.4) is 0 Å². The molecule has 1 nitrogen and oxygen atoms in total. The number of rotatable bonds is 6. The maximum Gasteiger partial charge on any atom is 0.142 e. The van der Waals surface area contributed by atoms with Gasteiger partial charge in [-0.25, -0.2) is 4.39 Å². The van der Waals surface area contributed by atoms with Crippen LogP contribution >= 0.6 is 27.5 Å². The Kier molecular flexibility index (Phi) is 6.22. The molecule has 2 rings (SSSR count). The van der Waals surface area contributed by atoms with Gasteiger partial charge in [-0.05, 0) is 48.7 Å². The Bertz CT molecular complexity index is 603. The van der Waals surface area contributed by atoms with E-state index in [1.54, 1.807) is 6.07 Å². The van der Waals surface area contributed by atoms with E-state index in [0.717, 1.165) is 29.4 Å². The fourth-order valence-electron chi connectivity index (χ4n) is 2.39. The molecule has 112 valence electrons. The van der Waals surface area contributed by atoms with Crippen LogP contribution in [0, 0.1) is 5.82 Å². The Morgan fingerprint density at radius 3 is 2.62 bits per heavy atom. The molecule has 0 saturated carbocycles. The summed E-state index contributed by atoms with van der Waals surface area (Å²) >= 11 is 9.31. The fourth-order valence-corrected chi connectivity index (χ4v) is 2.95. The average Bonchev–Trinajstić information content (AvgIpc) is 2.46. The summed E-state index contributed by atoms with van der Waals surface area (Å²) in [7, 11) is 0. The van der Waals surface area contributed by atoms with Gasteiger partial charge in [0, 0.05) is 10.5 Å². The van der Waals surface area contributed by atoms with E-state index in [2.05, 4.69) is 34.2 Å². The predicted octanol–water partition coefficient (Wildman–Crippen LogP) is 5.00. The third-order valence-electron chi connectivity index (χ3n) is 3.38. The van der Waals surface area contributed by atoms with Crippen LogP contribution in [0.5, 0.6) is 0 Å². The SMILES string of the molecule is CCNC(Cc1ccc(Cl)c(F)c1)Cc1ccccc1Br. The molecule has 2 aromatic rings. The normalized spacial score (nSPS) is 12.4. The molecule has 1 N–H and O–H groups in total. The van der Waals surface area contributed by atoms with Crippen molar-refractivity contribution >= 4 is 27.5 Å². The van der Waals surface area contributed by atoms with Crippen molar-refractivity contribution in [3.63, 3.8) is 0 Å². The standard InChI is InChI=1S/C17H18BrClFN/c1-2-21-14(11-13-5-3-4-6-15(13)18)9-12-7-8-16(19)17(20)10-12/h3-8,10,14,21H,2,9,11H2,1H3. The highest BCUT2D eigenvalue weighted by molar-refractivity contribution is 9.10. The first-order valence-corrected chi connectivity index (χ1v) is 8.18. The largest absolute Gasteiger partial charge is 0.314 e. The van der Waals surface area contributed by atoms with Gasteiger partial charge in [0.15, 0.2) is 0 Å². The molecule has 0 aliphatic rings. The first kappa shape index (κ1) is 16.5. The summed E-state index contributed by atoms with van der Waals surface area (Å²) in [6.07, 6.45) is 1.66. The van der Waals surface area contributed by atoms with Crippen LogP contribution in [-0.2, 0) is 12.8 Å². The summed E-state index contributed by atoms with van der Waals surface area (Å²) in [5, 5.41) is 3.64. The van der Waals surface area contributed by atoms with Gasteiger partial charge < -0.3 is 5.32 Å². The third-order valence-corrected chi connectivity index (χ3v) is 4.46. The van der Waals surface area contributed by atoms with Gasteiger partial charge >= 0.3 is 0 Å². The number of hydrogen-bond donors (Lipinski definition) is 1. The van der Waals surface area contributed by atoms with Crippen molar-refractivity contribution in [2.75, 3.05) is 6.54 Å². The predicted molar refractivity (Wildman–Crippen MR) is 90.4 cm³/mol. The van der Waals surface area contributed by atoms with E-state index in [1.807, 2.05) is 24.3 Å². The van der Waals surface area contributed by atoms with Gasteiger partial charge in [0.2, 0.25) is 0 Å². The summed E-state index contributed by atoms with van der Waals surface area (Å²) in [5.41, 5.74) is 2.20. The molecule has 0 fully saturated rings. The first-order chi connectivity index (χ1) is 10.1. The van der Waals surface area contributed by atoms with E-state index in [9.17, 15) is 4.39 Å². The smallest absolute Gasteiger partial charge is 0.142 e.